The van der Waals surface area contributed by atoms with Gasteiger partial charge in [0.15, 0.2) is 5.65 Å². The molecule has 0 spiro atoms. The molecule has 0 saturated heterocycles. The van der Waals surface area contributed by atoms with Gasteiger partial charge in [0.05, 0.1) is 33.1 Å². The molecule has 0 amide bonds. The number of aryl methyl sites for hydroxylation is 1. The molecular weight excluding hydrogens is 432 g/mol. The van der Waals surface area contributed by atoms with Gasteiger partial charge in [-0.15, -0.1) is 0 Å². The van der Waals surface area contributed by atoms with Gasteiger partial charge in [-0.2, -0.15) is 5.10 Å². The molecule has 5 rings (SSSR count). The van der Waals surface area contributed by atoms with E-state index in [1.165, 1.54) is 18.2 Å². The molecule has 166 valence electrons. The van der Waals surface area contributed by atoms with Crippen molar-refractivity contribution in [2.75, 3.05) is 0 Å². The second kappa shape index (κ2) is 8.25. The lowest BCUT2D eigenvalue weighted by atomic mass is 9.96. The second-order valence-corrected chi connectivity index (χ2v) is 7.74. The predicted octanol–water partition coefficient (Wildman–Crippen LogP) is 5.22. The number of phenolic OH excluding ortho intramolecular Hbond substituents is 1. The highest BCUT2D eigenvalue weighted by Gasteiger charge is 2.25. The lowest BCUT2D eigenvalue weighted by Gasteiger charge is -2.14. The predicted molar refractivity (Wildman–Crippen MR) is 127 cm³/mol. The molecule has 0 bridgehead atoms. The van der Waals surface area contributed by atoms with E-state index in [4.69, 9.17) is 5.10 Å². The van der Waals surface area contributed by atoms with Crippen LogP contribution in [0.15, 0.2) is 84.9 Å². The number of hydrogen-bond acceptors (Lipinski definition) is 6. The van der Waals surface area contributed by atoms with E-state index in [2.05, 4.69) is 4.98 Å². The van der Waals surface area contributed by atoms with E-state index < -0.39 is 4.92 Å². The molecule has 0 aliphatic rings. The average Bonchev–Trinajstić information content (AvgIpc) is 3.27. The SMILES string of the molecule is Cc1nc2cc(-c3ccc([N+](=O)[O-])cc3)nn2c(-c2ccccc2)c1C(=O)c1ccccc1O. The zero-order valence-corrected chi connectivity index (χ0v) is 18.0. The van der Waals surface area contributed by atoms with Crippen molar-refractivity contribution >= 4 is 17.1 Å². The third-order valence-electron chi connectivity index (χ3n) is 5.58. The minimum absolute atomic E-state index is 0.0120. The number of aromatic hydroxyl groups is 1. The van der Waals surface area contributed by atoms with Crippen LogP contribution < -0.4 is 0 Å². The number of nitro groups is 1. The maximum Gasteiger partial charge on any atom is 0.269 e. The summed E-state index contributed by atoms with van der Waals surface area (Å²) in [6, 6.07) is 23.6. The van der Waals surface area contributed by atoms with Crippen molar-refractivity contribution in [2.24, 2.45) is 0 Å². The fourth-order valence-electron chi connectivity index (χ4n) is 3.95. The first-order valence-electron chi connectivity index (χ1n) is 10.5. The van der Waals surface area contributed by atoms with Crippen LogP contribution in [0.4, 0.5) is 5.69 Å². The number of rotatable bonds is 5. The number of nitro benzene ring substituents is 1. The Hall–Kier alpha value is -4.85. The first kappa shape index (κ1) is 21.0. The van der Waals surface area contributed by atoms with Crippen molar-refractivity contribution in [1.29, 1.82) is 0 Å². The molecule has 2 aromatic heterocycles. The van der Waals surface area contributed by atoms with Crippen molar-refractivity contribution in [2.45, 2.75) is 6.92 Å². The molecule has 0 saturated carbocycles. The Labute approximate surface area is 193 Å². The van der Waals surface area contributed by atoms with Crippen LogP contribution in [0.25, 0.3) is 28.2 Å². The Morgan fingerprint density at radius 1 is 0.941 bits per heavy atom. The van der Waals surface area contributed by atoms with Crippen molar-refractivity contribution in [3.8, 4) is 28.3 Å². The number of phenols is 1. The van der Waals surface area contributed by atoms with Crippen molar-refractivity contribution in [3.63, 3.8) is 0 Å². The van der Waals surface area contributed by atoms with Gasteiger partial charge in [0.2, 0.25) is 5.78 Å². The van der Waals surface area contributed by atoms with Crippen molar-refractivity contribution in [1.82, 2.24) is 14.6 Å². The van der Waals surface area contributed by atoms with Crippen LogP contribution in [0.1, 0.15) is 21.6 Å². The van der Waals surface area contributed by atoms with Gasteiger partial charge in [-0.3, -0.25) is 14.9 Å². The number of nitrogens with zero attached hydrogens (tertiary/aromatic N) is 4. The van der Waals surface area contributed by atoms with Crippen LogP contribution in [-0.2, 0) is 0 Å². The van der Waals surface area contributed by atoms with E-state index in [0.717, 1.165) is 5.56 Å². The molecule has 5 aromatic rings. The highest BCUT2D eigenvalue weighted by atomic mass is 16.6. The summed E-state index contributed by atoms with van der Waals surface area (Å²) in [4.78, 5) is 28.8. The van der Waals surface area contributed by atoms with Crippen LogP contribution in [-0.4, -0.2) is 30.4 Å². The molecule has 0 radical (unpaired) electrons. The van der Waals surface area contributed by atoms with E-state index in [1.54, 1.807) is 47.8 Å². The summed E-state index contributed by atoms with van der Waals surface area (Å²) >= 11 is 0. The van der Waals surface area contributed by atoms with Crippen molar-refractivity contribution < 1.29 is 14.8 Å². The molecule has 34 heavy (non-hydrogen) atoms. The molecule has 1 N–H and O–H groups in total. The van der Waals surface area contributed by atoms with E-state index >= 15 is 0 Å². The Balaban J connectivity index is 1.76. The van der Waals surface area contributed by atoms with Gasteiger partial charge in [0.25, 0.3) is 5.69 Å². The van der Waals surface area contributed by atoms with Gasteiger partial charge in [0, 0.05) is 29.3 Å². The van der Waals surface area contributed by atoms with E-state index in [1.807, 2.05) is 30.3 Å². The molecule has 0 aliphatic carbocycles. The van der Waals surface area contributed by atoms with Gasteiger partial charge in [-0.05, 0) is 31.2 Å². The Bertz CT molecular complexity index is 1560. The maximum absolute atomic E-state index is 13.6. The minimum Gasteiger partial charge on any atom is -0.507 e. The number of fused-ring (bicyclic) bond motifs is 1. The van der Waals surface area contributed by atoms with Gasteiger partial charge in [-0.1, -0.05) is 42.5 Å². The van der Waals surface area contributed by atoms with Crippen LogP contribution in [0, 0.1) is 17.0 Å². The number of carbonyl (C=O) groups is 1. The molecule has 0 fully saturated rings. The third kappa shape index (κ3) is 3.57. The van der Waals surface area contributed by atoms with Gasteiger partial charge in [0.1, 0.15) is 5.75 Å². The lowest BCUT2D eigenvalue weighted by molar-refractivity contribution is -0.384. The highest BCUT2D eigenvalue weighted by Crippen LogP contribution is 2.32. The topological polar surface area (TPSA) is 111 Å². The number of ketones is 1. The van der Waals surface area contributed by atoms with Gasteiger partial charge in [-0.25, -0.2) is 9.50 Å². The summed E-state index contributed by atoms with van der Waals surface area (Å²) in [6.45, 7) is 1.75. The Morgan fingerprint density at radius 2 is 1.62 bits per heavy atom. The molecule has 0 atom stereocenters. The average molecular weight is 450 g/mol. The zero-order chi connectivity index (χ0) is 23.8. The maximum atomic E-state index is 13.6. The smallest absolute Gasteiger partial charge is 0.269 e. The summed E-state index contributed by atoms with van der Waals surface area (Å²) in [5, 5.41) is 26.0. The number of para-hydroxylation sites is 1. The largest absolute Gasteiger partial charge is 0.507 e. The fraction of sp³-hybridized carbons (Fsp3) is 0.0385. The number of aromatic nitrogens is 3. The normalized spacial score (nSPS) is 11.0. The quantitative estimate of drug-likeness (QED) is 0.223. The molecule has 0 aliphatic heterocycles. The summed E-state index contributed by atoms with van der Waals surface area (Å²) in [6.07, 6.45) is 0. The number of benzene rings is 3. The van der Waals surface area contributed by atoms with Crippen LogP contribution in [0.2, 0.25) is 0 Å². The summed E-state index contributed by atoms with van der Waals surface area (Å²) in [5.74, 6) is -0.478. The zero-order valence-electron chi connectivity index (χ0n) is 18.0. The van der Waals surface area contributed by atoms with E-state index in [0.29, 0.717) is 33.9 Å². The Kier molecular flexibility index (Phi) is 5.10. The van der Waals surface area contributed by atoms with Crippen LogP contribution in [0.5, 0.6) is 5.75 Å². The first-order valence-corrected chi connectivity index (χ1v) is 10.5. The number of hydrogen-bond donors (Lipinski definition) is 1. The molecule has 8 heteroatoms. The van der Waals surface area contributed by atoms with Crippen molar-refractivity contribution in [3.05, 3.63) is 112 Å². The van der Waals surface area contributed by atoms with Crippen LogP contribution in [0.3, 0.4) is 0 Å². The van der Waals surface area contributed by atoms with E-state index in [9.17, 15) is 20.0 Å². The number of carbonyl (C=O) groups excluding carboxylic acids is 1. The second-order valence-electron chi connectivity index (χ2n) is 7.74. The standard InChI is InChI=1S/C26H18N4O4/c1-16-24(26(32)20-9-5-6-10-22(20)31)25(18-7-3-2-4-8-18)29-23(27-16)15-21(28-29)17-11-13-19(14-12-17)30(33)34/h2-15,31H,1H3. The summed E-state index contributed by atoms with van der Waals surface area (Å²) in [7, 11) is 0. The Morgan fingerprint density at radius 3 is 2.29 bits per heavy atom. The minimum atomic E-state index is -0.456. The van der Waals surface area contributed by atoms with Gasteiger partial charge >= 0.3 is 0 Å². The summed E-state index contributed by atoms with van der Waals surface area (Å²) in [5.41, 5.74) is 4.06. The molecule has 2 heterocycles. The molecule has 0 unspecified atom stereocenters. The molecule has 8 nitrogen and oxygen atoms in total. The fourth-order valence-corrected chi connectivity index (χ4v) is 3.95. The molecule has 3 aromatic carbocycles. The van der Waals surface area contributed by atoms with Gasteiger partial charge < -0.3 is 5.11 Å². The first-order chi connectivity index (χ1) is 16.4. The highest BCUT2D eigenvalue weighted by molar-refractivity contribution is 6.14. The molecular formula is C26H18N4O4. The monoisotopic (exact) mass is 450 g/mol. The summed E-state index contributed by atoms with van der Waals surface area (Å²) < 4.78 is 1.60. The van der Waals surface area contributed by atoms with E-state index in [-0.39, 0.29) is 22.8 Å². The number of non-ortho nitro benzene ring substituents is 1. The van der Waals surface area contributed by atoms with Crippen LogP contribution >= 0.6 is 0 Å². The third-order valence-corrected chi connectivity index (χ3v) is 5.58. The lowest BCUT2D eigenvalue weighted by Crippen LogP contribution is -2.12.